The molecule has 2 atom stereocenters. The zero-order valence-corrected chi connectivity index (χ0v) is 28.1. The summed E-state index contributed by atoms with van der Waals surface area (Å²) in [6.07, 6.45) is 5.88. The molecule has 1 fully saturated rings. The van der Waals surface area contributed by atoms with Crippen LogP contribution in [0, 0.1) is 11.3 Å². The summed E-state index contributed by atoms with van der Waals surface area (Å²) in [6.45, 7) is 11.0. The van der Waals surface area contributed by atoms with Crippen molar-refractivity contribution in [3.8, 4) is 6.07 Å². The summed E-state index contributed by atoms with van der Waals surface area (Å²) in [7, 11) is 0. The second-order valence-electron chi connectivity index (χ2n) is 13.0. The number of hydrazine groups is 2. The Bertz CT molecular complexity index is 1750. The maximum atomic E-state index is 10.0. The van der Waals surface area contributed by atoms with Crippen molar-refractivity contribution in [2.24, 2.45) is 0 Å². The molecule has 8 nitrogen and oxygen atoms in total. The number of halogens is 2. The van der Waals surface area contributed by atoms with Gasteiger partial charge in [0.25, 0.3) is 0 Å². The van der Waals surface area contributed by atoms with Gasteiger partial charge in [-0.1, -0.05) is 65.7 Å². The van der Waals surface area contributed by atoms with E-state index in [1.54, 1.807) is 6.20 Å². The van der Waals surface area contributed by atoms with Gasteiger partial charge in [0.1, 0.15) is 6.07 Å². The van der Waals surface area contributed by atoms with Gasteiger partial charge in [0.15, 0.2) is 0 Å². The summed E-state index contributed by atoms with van der Waals surface area (Å²) >= 11 is 13.2. The minimum atomic E-state index is -0.246. The first-order chi connectivity index (χ1) is 22.1. The third-order valence-electron chi connectivity index (χ3n) is 8.95. The highest BCUT2D eigenvalue weighted by Gasteiger charge is 2.32. The molecule has 2 aliphatic rings. The molecule has 238 valence electrons. The average Bonchev–Trinajstić information content (AvgIpc) is 3.55. The van der Waals surface area contributed by atoms with Crippen molar-refractivity contribution < 1.29 is 0 Å². The van der Waals surface area contributed by atoms with Crippen LogP contribution in [0.5, 0.6) is 0 Å². The zero-order chi connectivity index (χ0) is 32.4. The number of rotatable bonds is 8. The number of likely N-dealkylation sites (tertiary alicyclic amines) is 1. The number of nitrogens with one attached hydrogen (secondary N) is 4. The highest BCUT2D eigenvalue weighted by atomic mass is 35.5. The molecule has 0 unspecified atom stereocenters. The van der Waals surface area contributed by atoms with Crippen LogP contribution in [0.2, 0.25) is 10.0 Å². The van der Waals surface area contributed by atoms with Crippen molar-refractivity contribution in [1.29, 1.82) is 5.26 Å². The Kier molecular flexibility index (Phi) is 9.30. The van der Waals surface area contributed by atoms with Crippen molar-refractivity contribution in [3.63, 3.8) is 0 Å². The first kappa shape index (κ1) is 32.0. The summed E-state index contributed by atoms with van der Waals surface area (Å²) in [5.41, 5.74) is 12.7. The van der Waals surface area contributed by atoms with E-state index in [1.165, 1.54) is 0 Å². The van der Waals surface area contributed by atoms with E-state index in [2.05, 4.69) is 88.6 Å². The van der Waals surface area contributed by atoms with Crippen LogP contribution in [0.3, 0.4) is 0 Å². The monoisotopic (exact) mass is 654 g/mol. The van der Waals surface area contributed by atoms with Gasteiger partial charge < -0.3 is 16.1 Å². The lowest BCUT2D eigenvalue weighted by atomic mass is 9.98. The molecule has 46 heavy (non-hydrogen) atoms. The van der Waals surface area contributed by atoms with Gasteiger partial charge in [-0.05, 0) is 75.9 Å². The summed E-state index contributed by atoms with van der Waals surface area (Å²) in [6, 6.07) is 24.3. The third kappa shape index (κ3) is 6.89. The van der Waals surface area contributed by atoms with Gasteiger partial charge in [0.2, 0.25) is 0 Å². The lowest BCUT2D eigenvalue weighted by molar-refractivity contribution is 0.0570. The number of nitrogens with zero attached hydrogens (tertiary/aromatic N) is 4. The fraction of sp³-hybridized carbons (Fsp3) is 0.333. The topological polar surface area (TPSA) is 91.3 Å². The average molecular weight is 656 g/mol. The number of anilines is 2. The van der Waals surface area contributed by atoms with Gasteiger partial charge in [-0.3, -0.25) is 14.9 Å². The van der Waals surface area contributed by atoms with Crippen LogP contribution in [0.15, 0.2) is 84.8 Å². The molecular weight excluding hydrogens is 615 g/mol. The Morgan fingerprint density at radius 2 is 1.70 bits per heavy atom. The van der Waals surface area contributed by atoms with E-state index >= 15 is 0 Å². The number of benzene rings is 3. The maximum absolute atomic E-state index is 10.0. The summed E-state index contributed by atoms with van der Waals surface area (Å²) in [5.74, 6) is 0. The standard InChI is InChI=1S/C36H40Cl2N8/c1-23(24-8-6-5-7-9-24)41-33-26(20-39)21-40-35-30(33)18-28(19-31(35)38)42-34(25-10-12-27(37)13-11-25)32-22-46(44-43-32)29-14-16-45(17-15-29)36(2,3)4/h5-13,18-19,21-23,29,34,42-44H,14-17H2,1-4H3,(H,40,41)/t23-,34+/m1/s1. The molecular formula is C36H40Cl2N8. The molecule has 0 bridgehead atoms. The Balaban J connectivity index is 1.32. The Labute approximate surface area is 281 Å². The van der Waals surface area contributed by atoms with E-state index in [0.29, 0.717) is 32.9 Å². The molecule has 0 radical (unpaired) electrons. The van der Waals surface area contributed by atoms with E-state index in [0.717, 1.165) is 53.8 Å². The van der Waals surface area contributed by atoms with Crippen molar-refractivity contribution in [2.45, 2.75) is 64.2 Å². The van der Waals surface area contributed by atoms with E-state index in [1.807, 2.05) is 54.6 Å². The van der Waals surface area contributed by atoms with E-state index < -0.39 is 0 Å². The Morgan fingerprint density at radius 3 is 2.37 bits per heavy atom. The number of nitriles is 1. The van der Waals surface area contributed by atoms with Crippen LogP contribution in [-0.2, 0) is 0 Å². The number of hydrogen-bond acceptors (Lipinski definition) is 8. The van der Waals surface area contributed by atoms with Crippen LogP contribution < -0.4 is 21.6 Å². The molecule has 1 aromatic heterocycles. The first-order valence-electron chi connectivity index (χ1n) is 15.7. The second kappa shape index (κ2) is 13.4. The minimum absolute atomic E-state index is 0.0451. The lowest BCUT2D eigenvalue weighted by Gasteiger charge is -2.42. The van der Waals surface area contributed by atoms with Crippen molar-refractivity contribution >= 4 is 45.5 Å². The molecule has 2 aliphatic heterocycles. The quantitative estimate of drug-likeness (QED) is 0.151. The SMILES string of the molecule is C[C@@H](Nc1c(C#N)cnc2c(Cl)cc(N[C@H](C3=CN(C4CCN(C(C)(C)C)CC4)NN3)c3ccc(Cl)cc3)cc12)c1ccccc1. The molecule has 0 spiro atoms. The van der Waals surface area contributed by atoms with Gasteiger partial charge in [-0.15, -0.1) is 5.53 Å². The smallest absolute Gasteiger partial charge is 0.103 e. The van der Waals surface area contributed by atoms with Gasteiger partial charge in [0.05, 0.1) is 33.5 Å². The van der Waals surface area contributed by atoms with E-state index in [-0.39, 0.29) is 17.6 Å². The summed E-state index contributed by atoms with van der Waals surface area (Å²) < 4.78 is 0. The molecule has 0 saturated carbocycles. The van der Waals surface area contributed by atoms with Gasteiger partial charge in [0, 0.05) is 59.2 Å². The molecule has 1 saturated heterocycles. The summed E-state index contributed by atoms with van der Waals surface area (Å²) in [5, 5.41) is 21.4. The van der Waals surface area contributed by atoms with Crippen LogP contribution in [-0.4, -0.2) is 39.6 Å². The van der Waals surface area contributed by atoms with Crippen LogP contribution in [0.4, 0.5) is 11.4 Å². The highest BCUT2D eigenvalue weighted by Crippen LogP contribution is 2.37. The van der Waals surface area contributed by atoms with Gasteiger partial charge in [-0.2, -0.15) is 5.26 Å². The summed E-state index contributed by atoms with van der Waals surface area (Å²) in [4.78, 5) is 7.11. The maximum Gasteiger partial charge on any atom is 0.103 e. The predicted octanol–water partition coefficient (Wildman–Crippen LogP) is 8.17. The van der Waals surface area contributed by atoms with Crippen molar-refractivity contribution in [3.05, 3.63) is 112 Å². The second-order valence-corrected chi connectivity index (χ2v) is 13.9. The number of pyridine rings is 1. The number of fused-ring (bicyclic) bond motifs is 1. The molecule has 10 heteroatoms. The van der Waals surface area contributed by atoms with Gasteiger partial charge in [-0.25, -0.2) is 0 Å². The van der Waals surface area contributed by atoms with Crippen LogP contribution in [0.1, 0.15) is 69.3 Å². The largest absolute Gasteiger partial charge is 0.377 e. The fourth-order valence-corrected chi connectivity index (χ4v) is 6.68. The lowest BCUT2D eigenvalue weighted by Crippen LogP contribution is -2.52. The highest BCUT2D eigenvalue weighted by molar-refractivity contribution is 6.36. The zero-order valence-electron chi connectivity index (χ0n) is 26.6. The van der Waals surface area contributed by atoms with Crippen LogP contribution >= 0.6 is 23.2 Å². The molecule has 3 heterocycles. The molecule has 6 rings (SSSR count). The number of hydrogen-bond donors (Lipinski definition) is 4. The van der Waals surface area contributed by atoms with Gasteiger partial charge >= 0.3 is 0 Å². The predicted molar refractivity (Wildman–Crippen MR) is 188 cm³/mol. The Morgan fingerprint density at radius 1 is 0.978 bits per heavy atom. The first-order valence-corrected chi connectivity index (χ1v) is 16.5. The van der Waals surface area contributed by atoms with Crippen LogP contribution in [0.25, 0.3) is 10.9 Å². The fourth-order valence-electron chi connectivity index (χ4n) is 6.29. The molecule has 0 amide bonds. The molecule has 4 N–H and O–H groups in total. The molecule has 0 aliphatic carbocycles. The normalized spacial score (nSPS) is 17.2. The minimum Gasteiger partial charge on any atom is -0.377 e. The Hall–Kier alpha value is -4.00. The third-order valence-corrected chi connectivity index (χ3v) is 9.49. The number of aromatic nitrogens is 1. The van der Waals surface area contributed by atoms with Crippen molar-refractivity contribution in [1.82, 2.24) is 25.9 Å². The van der Waals surface area contributed by atoms with Crippen molar-refractivity contribution in [2.75, 3.05) is 23.7 Å². The number of piperidine rings is 1. The van der Waals surface area contributed by atoms with E-state index in [9.17, 15) is 5.26 Å². The molecule has 3 aromatic carbocycles. The van der Waals surface area contributed by atoms with E-state index in [4.69, 9.17) is 23.2 Å². The molecule has 4 aromatic rings.